The number of nitrogens with zero attached hydrogens (tertiary/aromatic N) is 3. The van der Waals surface area contributed by atoms with E-state index < -0.39 is 0 Å². The molecule has 0 radical (unpaired) electrons. The van der Waals surface area contributed by atoms with Gasteiger partial charge in [-0.2, -0.15) is 0 Å². The number of para-hydroxylation sites is 2. The van der Waals surface area contributed by atoms with Crippen molar-refractivity contribution in [3.05, 3.63) is 73.1 Å². The van der Waals surface area contributed by atoms with E-state index in [1.54, 1.807) is 6.33 Å². The van der Waals surface area contributed by atoms with Crippen molar-refractivity contribution >= 4 is 16.7 Å². The van der Waals surface area contributed by atoms with E-state index >= 15 is 0 Å². The Balaban J connectivity index is 1.77. The van der Waals surface area contributed by atoms with Crippen LogP contribution < -0.4 is 9.64 Å². The maximum Gasteiger partial charge on any atom is 0.140 e. The second kappa shape index (κ2) is 7.59. The SMILES string of the molecule is C=CCN(CCOc1ccccc1C)c1ncnc2ccccc12. The zero-order valence-corrected chi connectivity index (χ0v) is 13.9. The zero-order valence-electron chi connectivity index (χ0n) is 13.9. The van der Waals surface area contributed by atoms with Crippen molar-refractivity contribution in [3.8, 4) is 5.75 Å². The summed E-state index contributed by atoms with van der Waals surface area (Å²) in [5, 5.41) is 1.04. The lowest BCUT2D eigenvalue weighted by atomic mass is 10.2. The fraction of sp³-hybridized carbons (Fsp3) is 0.200. The number of rotatable bonds is 7. The minimum atomic E-state index is 0.580. The summed E-state index contributed by atoms with van der Waals surface area (Å²) in [4.78, 5) is 11.0. The lowest BCUT2D eigenvalue weighted by molar-refractivity contribution is 0.322. The third-order valence-corrected chi connectivity index (χ3v) is 3.88. The molecule has 0 atom stereocenters. The molecule has 122 valence electrons. The molecule has 2 aromatic carbocycles. The van der Waals surface area contributed by atoms with Crippen molar-refractivity contribution in [2.24, 2.45) is 0 Å². The first kappa shape index (κ1) is 16.0. The Morgan fingerprint density at radius 3 is 2.71 bits per heavy atom. The van der Waals surface area contributed by atoms with Gasteiger partial charge in [0, 0.05) is 11.9 Å². The van der Waals surface area contributed by atoms with E-state index in [0.717, 1.165) is 34.6 Å². The molecule has 0 aliphatic rings. The van der Waals surface area contributed by atoms with E-state index in [4.69, 9.17) is 4.74 Å². The highest BCUT2D eigenvalue weighted by atomic mass is 16.5. The van der Waals surface area contributed by atoms with Crippen LogP contribution in [0.25, 0.3) is 10.9 Å². The Morgan fingerprint density at radius 2 is 1.88 bits per heavy atom. The van der Waals surface area contributed by atoms with Crippen molar-refractivity contribution in [3.63, 3.8) is 0 Å². The van der Waals surface area contributed by atoms with E-state index in [-0.39, 0.29) is 0 Å². The van der Waals surface area contributed by atoms with Crippen LogP contribution in [0.3, 0.4) is 0 Å². The van der Waals surface area contributed by atoms with Gasteiger partial charge in [-0.05, 0) is 30.7 Å². The number of anilines is 1. The van der Waals surface area contributed by atoms with Crippen LogP contribution in [-0.2, 0) is 0 Å². The molecule has 1 aromatic heterocycles. The van der Waals surface area contributed by atoms with Crippen LogP contribution in [0.1, 0.15) is 5.56 Å². The second-order valence-corrected chi connectivity index (χ2v) is 5.56. The third-order valence-electron chi connectivity index (χ3n) is 3.88. The van der Waals surface area contributed by atoms with Crippen molar-refractivity contribution in [1.29, 1.82) is 0 Å². The second-order valence-electron chi connectivity index (χ2n) is 5.56. The fourth-order valence-electron chi connectivity index (χ4n) is 2.67. The molecule has 0 N–H and O–H groups in total. The van der Waals surface area contributed by atoms with E-state index in [9.17, 15) is 0 Å². The number of ether oxygens (including phenoxy) is 1. The van der Waals surface area contributed by atoms with Gasteiger partial charge in [0.2, 0.25) is 0 Å². The zero-order chi connectivity index (χ0) is 16.8. The average molecular weight is 319 g/mol. The Kier molecular flexibility index (Phi) is 5.06. The lowest BCUT2D eigenvalue weighted by Gasteiger charge is -2.23. The smallest absolute Gasteiger partial charge is 0.140 e. The van der Waals surface area contributed by atoms with Gasteiger partial charge in [-0.25, -0.2) is 9.97 Å². The molecular weight excluding hydrogens is 298 g/mol. The molecule has 3 aromatic rings. The highest BCUT2D eigenvalue weighted by Crippen LogP contribution is 2.22. The van der Waals surface area contributed by atoms with Crippen LogP contribution in [-0.4, -0.2) is 29.7 Å². The summed E-state index contributed by atoms with van der Waals surface area (Å²) in [6.07, 6.45) is 3.49. The van der Waals surface area contributed by atoms with Crippen molar-refractivity contribution in [1.82, 2.24) is 9.97 Å². The monoisotopic (exact) mass is 319 g/mol. The summed E-state index contributed by atoms with van der Waals surface area (Å²) in [7, 11) is 0. The van der Waals surface area contributed by atoms with Gasteiger partial charge in [0.25, 0.3) is 0 Å². The number of hydrogen-bond acceptors (Lipinski definition) is 4. The first-order chi connectivity index (χ1) is 11.8. The summed E-state index contributed by atoms with van der Waals surface area (Å²) in [6, 6.07) is 16.1. The molecular formula is C20H21N3O. The molecule has 0 aliphatic heterocycles. The summed E-state index contributed by atoms with van der Waals surface area (Å²) < 4.78 is 5.93. The molecule has 0 bridgehead atoms. The molecule has 1 heterocycles. The van der Waals surface area contributed by atoms with E-state index in [0.29, 0.717) is 13.2 Å². The van der Waals surface area contributed by atoms with Crippen molar-refractivity contribution < 1.29 is 4.74 Å². The van der Waals surface area contributed by atoms with E-state index in [1.165, 1.54) is 0 Å². The Hall–Kier alpha value is -2.88. The fourth-order valence-corrected chi connectivity index (χ4v) is 2.67. The Bertz CT molecular complexity index is 826. The van der Waals surface area contributed by atoms with Gasteiger partial charge in [-0.1, -0.05) is 36.4 Å². The summed E-state index contributed by atoms with van der Waals surface area (Å²) in [6.45, 7) is 7.92. The van der Waals surface area contributed by atoms with Gasteiger partial charge in [0.1, 0.15) is 24.5 Å². The van der Waals surface area contributed by atoms with Gasteiger partial charge >= 0.3 is 0 Å². The highest BCUT2D eigenvalue weighted by molar-refractivity contribution is 5.89. The van der Waals surface area contributed by atoms with Crippen LogP contribution in [0.4, 0.5) is 5.82 Å². The topological polar surface area (TPSA) is 38.2 Å². The van der Waals surface area contributed by atoms with Crippen LogP contribution in [0.2, 0.25) is 0 Å². The number of fused-ring (bicyclic) bond motifs is 1. The highest BCUT2D eigenvalue weighted by Gasteiger charge is 2.11. The molecule has 0 spiro atoms. The van der Waals surface area contributed by atoms with Gasteiger partial charge in [0.15, 0.2) is 0 Å². The quantitative estimate of drug-likeness (QED) is 0.617. The van der Waals surface area contributed by atoms with Gasteiger partial charge < -0.3 is 9.64 Å². The van der Waals surface area contributed by atoms with Gasteiger partial charge in [0.05, 0.1) is 12.1 Å². The molecule has 0 saturated carbocycles. The van der Waals surface area contributed by atoms with Crippen LogP contribution in [0.5, 0.6) is 5.75 Å². The maximum absolute atomic E-state index is 5.93. The summed E-state index contributed by atoms with van der Waals surface area (Å²) in [5.74, 6) is 1.83. The molecule has 0 saturated heterocycles. The lowest BCUT2D eigenvalue weighted by Crippen LogP contribution is -2.29. The molecule has 0 amide bonds. The largest absolute Gasteiger partial charge is 0.491 e. The maximum atomic E-state index is 5.93. The van der Waals surface area contributed by atoms with Gasteiger partial charge in [-0.3, -0.25) is 0 Å². The van der Waals surface area contributed by atoms with Gasteiger partial charge in [-0.15, -0.1) is 6.58 Å². The minimum Gasteiger partial charge on any atom is -0.491 e. The standard InChI is InChI=1S/C20H21N3O/c1-3-12-23(13-14-24-19-11-7-4-8-16(19)2)20-17-9-5-6-10-18(17)21-15-22-20/h3-11,15H,1,12-14H2,2H3. The van der Waals surface area contributed by atoms with Crippen LogP contribution in [0.15, 0.2) is 67.5 Å². The molecule has 0 aliphatic carbocycles. The summed E-state index contributed by atoms with van der Waals surface area (Å²) in [5.41, 5.74) is 2.08. The molecule has 0 fully saturated rings. The minimum absolute atomic E-state index is 0.580. The van der Waals surface area contributed by atoms with Crippen molar-refractivity contribution in [2.45, 2.75) is 6.92 Å². The van der Waals surface area contributed by atoms with Crippen molar-refractivity contribution in [2.75, 3.05) is 24.6 Å². The van der Waals surface area contributed by atoms with E-state index in [2.05, 4.69) is 34.4 Å². The van der Waals surface area contributed by atoms with E-state index in [1.807, 2.05) is 48.5 Å². The van der Waals surface area contributed by atoms with Crippen LogP contribution in [0, 0.1) is 6.92 Å². The number of benzene rings is 2. The predicted molar refractivity (Wildman–Crippen MR) is 98.6 cm³/mol. The first-order valence-corrected chi connectivity index (χ1v) is 8.03. The average Bonchev–Trinajstić information content (AvgIpc) is 2.62. The third kappa shape index (κ3) is 3.54. The Labute approximate surface area is 142 Å². The predicted octanol–water partition coefficient (Wildman–Crippen LogP) is 4.01. The molecule has 4 nitrogen and oxygen atoms in total. The molecule has 4 heteroatoms. The number of aromatic nitrogens is 2. The summed E-state index contributed by atoms with van der Waals surface area (Å²) >= 11 is 0. The molecule has 0 unspecified atom stereocenters. The Morgan fingerprint density at radius 1 is 1.08 bits per heavy atom. The first-order valence-electron chi connectivity index (χ1n) is 8.03. The molecule has 3 rings (SSSR count). The van der Waals surface area contributed by atoms with Crippen LogP contribution >= 0.6 is 0 Å². The number of aryl methyl sites for hydroxylation is 1. The molecule has 24 heavy (non-hydrogen) atoms. The normalized spacial score (nSPS) is 10.5. The number of hydrogen-bond donors (Lipinski definition) is 0.